The van der Waals surface area contributed by atoms with Crippen molar-refractivity contribution in [3.63, 3.8) is 0 Å². The zero-order chi connectivity index (χ0) is 23.7. The van der Waals surface area contributed by atoms with Crippen LogP contribution in [0, 0.1) is 10.1 Å². The summed E-state index contributed by atoms with van der Waals surface area (Å²) in [6.07, 6.45) is 1.99. The van der Waals surface area contributed by atoms with Gasteiger partial charge >= 0.3 is 0 Å². The lowest BCUT2D eigenvalue weighted by Crippen LogP contribution is -2.44. The van der Waals surface area contributed by atoms with Crippen molar-refractivity contribution in [2.24, 2.45) is 0 Å². The third kappa shape index (κ3) is 6.30. The molecule has 178 valence electrons. The maximum Gasteiger partial charge on any atom is 0.269 e. The quantitative estimate of drug-likeness (QED) is 0.307. The van der Waals surface area contributed by atoms with Crippen LogP contribution in [0.5, 0.6) is 5.75 Å². The van der Waals surface area contributed by atoms with Gasteiger partial charge in [0.25, 0.3) is 5.69 Å². The highest BCUT2D eigenvalue weighted by Crippen LogP contribution is 2.37. The molecule has 0 radical (unpaired) electrons. The second kappa shape index (κ2) is 11.8. The molecule has 0 saturated carbocycles. The number of nitro benzene ring substituents is 1. The molecule has 0 spiro atoms. The molecule has 33 heavy (non-hydrogen) atoms. The SMILES string of the molecule is CCN(CC)CCCOc1ccc(NC(=O)C2(c3ccc([N+](=O)[O-])cc3)CCOCC2)cc1. The molecule has 0 aromatic heterocycles. The number of ether oxygens (including phenoxy) is 2. The number of hydrogen-bond acceptors (Lipinski definition) is 6. The van der Waals surface area contributed by atoms with Gasteiger partial charge in [-0.05, 0) is 62.2 Å². The van der Waals surface area contributed by atoms with Crippen LogP contribution >= 0.6 is 0 Å². The minimum Gasteiger partial charge on any atom is -0.494 e. The number of carbonyl (C=O) groups excluding carboxylic acids is 1. The second-order valence-electron chi connectivity index (χ2n) is 8.21. The third-order valence-electron chi connectivity index (χ3n) is 6.31. The summed E-state index contributed by atoms with van der Waals surface area (Å²) in [5.41, 5.74) is 0.673. The fraction of sp³-hybridized carbons (Fsp3) is 0.480. The Balaban J connectivity index is 1.63. The van der Waals surface area contributed by atoms with Gasteiger partial charge in [-0.15, -0.1) is 0 Å². The van der Waals surface area contributed by atoms with E-state index >= 15 is 0 Å². The Morgan fingerprint density at radius 1 is 1.09 bits per heavy atom. The first kappa shape index (κ1) is 24.7. The number of nitro groups is 1. The maximum absolute atomic E-state index is 13.4. The summed E-state index contributed by atoms with van der Waals surface area (Å²) in [6, 6.07) is 13.6. The van der Waals surface area contributed by atoms with Crippen molar-refractivity contribution in [2.45, 2.75) is 38.5 Å². The van der Waals surface area contributed by atoms with E-state index in [4.69, 9.17) is 9.47 Å². The number of hydrogen-bond donors (Lipinski definition) is 1. The fourth-order valence-electron chi connectivity index (χ4n) is 4.17. The van der Waals surface area contributed by atoms with Gasteiger partial charge in [0.2, 0.25) is 5.91 Å². The molecule has 0 bridgehead atoms. The van der Waals surface area contributed by atoms with Crippen LogP contribution in [0.15, 0.2) is 48.5 Å². The first-order chi connectivity index (χ1) is 16.0. The first-order valence-electron chi connectivity index (χ1n) is 11.6. The number of carbonyl (C=O) groups is 1. The van der Waals surface area contributed by atoms with Gasteiger partial charge in [0.1, 0.15) is 5.75 Å². The van der Waals surface area contributed by atoms with Crippen molar-refractivity contribution in [1.29, 1.82) is 0 Å². The molecule has 0 aliphatic carbocycles. The zero-order valence-electron chi connectivity index (χ0n) is 19.4. The van der Waals surface area contributed by atoms with Gasteiger partial charge in [0.15, 0.2) is 0 Å². The molecule has 1 saturated heterocycles. The van der Waals surface area contributed by atoms with Gasteiger partial charge in [0, 0.05) is 37.6 Å². The van der Waals surface area contributed by atoms with E-state index in [0.29, 0.717) is 38.3 Å². The molecular weight excluding hydrogens is 422 g/mol. The smallest absolute Gasteiger partial charge is 0.269 e. The van der Waals surface area contributed by atoms with Crippen LogP contribution < -0.4 is 10.1 Å². The van der Waals surface area contributed by atoms with Crippen molar-refractivity contribution in [1.82, 2.24) is 4.90 Å². The van der Waals surface area contributed by atoms with E-state index in [-0.39, 0.29) is 11.6 Å². The van der Waals surface area contributed by atoms with Crippen LogP contribution in [0.2, 0.25) is 0 Å². The van der Waals surface area contributed by atoms with Crippen molar-refractivity contribution in [3.05, 3.63) is 64.2 Å². The molecule has 0 unspecified atom stereocenters. The van der Waals surface area contributed by atoms with Crippen molar-refractivity contribution < 1.29 is 19.2 Å². The predicted molar refractivity (Wildman–Crippen MR) is 128 cm³/mol. The summed E-state index contributed by atoms with van der Waals surface area (Å²) < 4.78 is 11.3. The van der Waals surface area contributed by atoms with Crippen LogP contribution in [-0.2, 0) is 14.9 Å². The number of nitrogens with one attached hydrogen (secondary N) is 1. The lowest BCUT2D eigenvalue weighted by atomic mass is 9.73. The summed E-state index contributed by atoms with van der Waals surface area (Å²) in [5.74, 6) is 0.635. The van der Waals surface area contributed by atoms with Crippen LogP contribution in [0.1, 0.15) is 38.7 Å². The Bertz CT molecular complexity index is 905. The Hall–Kier alpha value is -2.97. The van der Waals surface area contributed by atoms with Gasteiger partial charge in [-0.2, -0.15) is 0 Å². The average molecular weight is 456 g/mol. The molecule has 1 amide bonds. The van der Waals surface area contributed by atoms with Crippen LogP contribution in [0.3, 0.4) is 0 Å². The Morgan fingerprint density at radius 3 is 2.30 bits per heavy atom. The van der Waals surface area contributed by atoms with Crippen LogP contribution in [0.25, 0.3) is 0 Å². The Kier molecular flexibility index (Phi) is 8.79. The molecule has 8 nitrogen and oxygen atoms in total. The molecule has 2 aromatic rings. The molecule has 1 N–H and O–H groups in total. The highest BCUT2D eigenvalue weighted by molar-refractivity contribution is 5.99. The molecule has 1 fully saturated rings. The Morgan fingerprint density at radius 2 is 1.73 bits per heavy atom. The molecule has 1 aliphatic rings. The number of nitrogens with zero attached hydrogens (tertiary/aromatic N) is 2. The molecule has 8 heteroatoms. The highest BCUT2D eigenvalue weighted by Gasteiger charge is 2.42. The van der Waals surface area contributed by atoms with Crippen LogP contribution in [-0.4, -0.2) is 55.2 Å². The summed E-state index contributed by atoms with van der Waals surface area (Å²) in [4.78, 5) is 26.3. The largest absolute Gasteiger partial charge is 0.494 e. The van der Waals surface area contributed by atoms with Gasteiger partial charge in [-0.3, -0.25) is 14.9 Å². The van der Waals surface area contributed by atoms with Crippen LogP contribution in [0.4, 0.5) is 11.4 Å². The summed E-state index contributed by atoms with van der Waals surface area (Å²) in [6.45, 7) is 8.97. The number of rotatable bonds is 11. The molecule has 1 aliphatic heterocycles. The van der Waals surface area contributed by atoms with Crippen molar-refractivity contribution >= 4 is 17.3 Å². The summed E-state index contributed by atoms with van der Waals surface area (Å²) >= 11 is 0. The van der Waals surface area contributed by atoms with Gasteiger partial charge in [-0.25, -0.2) is 0 Å². The zero-order valence-corrected chi connectivity index (χ0v) is 19.4. The number of amides is 1. The summed E-state index contributed by atoms with van der Waals surface area (Å²) in [5, 5.41) is 14.0. The number of anilines is 1. The first-order valence-corrected chi connectivity index (χ1v) is 11.6. The minimum absolute atomic E-state index is 0.00838. The number of benzene rings is 2. The lowest BCUT2D eigenvalue weighted by molar-refractivity contribution is -0.384. The standard InChI is InChI=1S/C25H33N3O5/c1-3-27(4-2)16-5-17-33-23-12-8-21(9-13-23)26-24(29)25(14-18-32-19-15-25)20-6-10-22(11-7-20)28(30)31/h6-13H,3-5,14-19H2,1-2H3,(H,26,29). The second-order valence-corrected chi connectivity index (χ2v) is 8.21. The third-order valence-corrected chi connectivity index (χ3v) is 6.31. The van der Waals surface area contributed by atoms with Crippen molar-refractivity contribution in [3.8, 4) is 5.75 Å². The van der Waals surface area contributed by atoms with Gasteiger partial charge in [-0.1, -0.05) is 26.0 Å². The van der Waals surface area contributed by atoms with E-state index in [0.717, 1.165) is 37.4 Å². The normalized spacial score (nSPS) is 15.2. The van der Waals surface area contributed by atoms with E-state index in [2.05, 4.69) is 24.1 Å². The molecule has 0 atom stereocenters. The molecule has 2 aromatic carbocycles. The van der Waals surface area contributed by atoms with E-state index in [1.165, 1.54) is 12.1 Å². The van der Waals surface area contributed by atoms with Gasteiger partial charge < -0.3 is 19.7 Å². The average Bonchev–Trinajstić information content (AvgIpc) is 2.85. The van der Waals surface area contributed by atoms with Crippen molar-refractivity contribution in [2.75, 3.05) is 44.8 Å². The topological polar surface area (TPSA) is 93.9 Å². The highest BCUT2D eigenvalue weighted by atomic mass is 16.6. The lowest BCUT2D eigenvalue weighted by Gasteiger charge is -2.36. The maximum atomic E-state index is 13.4. The number of non-ortho nitro benzene ring substituents is 1. The monoisotopic (exact) mass is 455 g/mol. The van der Waals surface area contributed by atoms with Gasteiger partial charge in [0.05, 0.1) is 16.9 Å². The molecule has 3 rings (SSSR count). The minimum atomic E-state index is -0.785. The predicted octanol–water partition coefficient (Wildman–Crippen LogP) is 4.39. The summed E-state index contributed by atoms with van der Waals surface area (Å²) in [7, 11) is 0. The van der Waals surface area contributed by atoms with E-state index < -0.39 is 10.3 Å². The molecular formula is C25H33N3O5. The fourth-order valence-corrected chi connectivity index (χ4v) is 4.17. The van der Waals surface area contributed by atoms with E-state index in [9.17, 15) is 14.9 Å². The Labute approximate surface area is 195 Å². The van der Waals surface area contributed by atoms with E-state index in [1.54, 1.807) is 12.1 Å². The molecule has 1 heterocycles. The van der Waals surface area contributed by atoms with E-state index in [1.807, 2.05) is 24.3 Å².